The monoisotopic (exact) mass is 371 g/mol. The Morgan fingerprint density at radius 3 is 2.54 bits per heavy atom. The molecule has 0 aliphatic carbocycles. The molecule has 7 heteroatoms. The minimum atomic E-state index is -0.683. The van der Waals surface area contributed by atoms with Gasteiger partial charge in [0.25, 0.3) is 5.91 Å². The Bertz CT molecular complexity index is 1020. The van der Waals surface area contributed by atoms with E-state index in [-0.39, 0.29) is 22.1 Å². The molecular weight excluding hydrogens is 357 g/mol. The van der Waals surface area contributed by atoms with Crippen LogP contribution in [0.1, 0.15) is 39.4 Å². The smallest absolute Gasteiger partial charge is 0.271 e. The van der Waals surface area contributed by atoms with Gasteiger partial charge in [-0.25, -0.2) is 9.37 Å². The number of nitrogens with two attached hydrogens (primary N) is 1. The predicted molar refractivity (Wildman–Crippen MR) is 97.6 cm³/mol. The Hall–Kier alpha value is -2.99. The Kier molecular flexibility index (Phi) is 4.86. The van der Waals surface area contributed by atoms with E-state index < -0.39 is 17.9 Å². The Labute approximate surface area is 154 Å². The van der Waals surface area contributed by atoms with Crippen molar-refractivity contribution in [2.45, 2.75) is 13.0 Å². The summed E-state index contributed by atoms with van der Waals surface area (Å²) in [5.74, 6) is -1.51. The van der Waals surface area contributed by atoms with E-state index in [9.17, 15) is 14.0 Å². The largest absolute Gasteiger partial charge is 0.366 e. The number of amides is 2. The number of nitrogens with zero attached hydrogens (tertiary/aromatic N) is 1. The van der Waals surface area contributed by atoms with Gasteiger partial charge in [-0.15, -0.1) is 0 Å². The summed E-state index contributed by atoms with van der Waals surface area (Å²) in [6.45, 7) is 1.78. The minimum Gasteiger partial charge on any atom is -0.366 e. The molecule has 2 aromatic carbocycles. The van der Waals surface area contributed by atoms with Crippen LogP contribution in [0.15, 0.2) is 48.7 Å². The van der Waals surface area contributed by atoms with Crippen molar-refractivity contribution in [3.63, 3.8) is 0 Å². The highest BCUT2D eigenvalue weighted by atomic mass is 35.5. The summed E-state index contributed by atoms with van der Waals surface area (Å²) in [6.07, 6.45) is 1.20. The van der Waals surface area contributed by atoms with Crippen molar-refractivity contribution < 1.29 is 14.0 Å². The molecule has 2 amide bonds. The van der Waals surface area contributed by atoms with Gasteiger partial charge in [0.05, 0.1) is 16.6 Å². The predicted octanol–water partition coefficient (Wildman–Crippen LogP) is 3.62. The van der Waals surface area contributed by atoms with E-state index in [4.69, 9.17) is 17.3 Å². The van der Waals surface area contributed by atoms with Crippen molar-refractivity contribution >= 4 is 34.2 Å². The van der Waals surface area contributed by atoms with Gasteiger partial charge in [0.2, 0.25) is 5.91 Å². The Balaban J connectivity index is 1.89. The number of pyridine rings is 1. The first-order valence-corrected chi connectivity index (χ1v) is 8.19. The average Bonchev–Trinajstić information content (AvgIpc) is 2.61. The summed E-state index contributed by atoms with van der Waals surface area (Å²) in [4.78, 5) is 27.5. The van der Waals surface area contributed by atoms with Crippen LogP contribution in [-0.4, -0.2) is 16.8 Å². The third kappa shape index (κ3) is 3.36. The van der Waals surface area contributed by atoms with Gasteiger partial charge in [-0.2, -0.15) is 0 Å². The molecular formula is C19H15ClFN3O2. The van der Waals surface area contributed by atoms with Crippen LogP contribution in [0.25, 0.3) is 10.8 Å². The van der Waals surface area contributed by atoms with Gasteiger partial charge in [0.15, 0.2) is 0 Å². The fraction of sp³-hybridized carbons (Fsp3) is 0.105. The lowest BCUT2D eigenvalue weighted by molar-refractivity contribution is 0.0932. The Morgan fingerprint density at radius 2 is 1.88 bits per heavy atom. The minimum absolute atomic E-state index is 0.0186. The number of hydrogen-bond acceptors (Lipinski definition) is 3. The van der Waals surface area contributed by atoms with E-state index in [2.05, 4.69) is 10.3 Å². The van der Waals surface area contributed by atoms with Crippen molar-refractivity contribution in [2.24, 2.45) is 5.73 Å². The number of fused-ring (bicyclic) bond motifs is 1. The first-order chi connectivity index (χ1) is 12.4. The highest BCUT2D eigenvalue weighted by molar-refractivity contribution is 6.33. The molecule has 3 aromatic rings. The van der Waals surface area contributed by atoms with Crippen molar-refractivity contribution in [1.82, 2.24) is 10.3 Å². The van der Waals surface area contributed by atoms with E-state index in [1.54, 1.807) is 37.3 Å². The number of nitrogens with one attached hydrogen (secondary N) is 1. The fourth-order valence-corrected chi connectivity index (χ4v) is 3.00. The number of primary amides is 1. The molecule has 0 fully saturated rings. The molecule has 0 bridgehead atoms. The number of carbonyl (C=O) groups excluding carboxylic acids is 2. The number of halogens is 2. The second-order valence-corrected chi connectivity index (χ2v) is 6.20. The number of benzene rings is 2. The van der Waals surface area contributed by atoms with Crippen LogP contribution in [-0.2, 0) is 0 Å². The molecule has 0 saturated heterocycles. The van der Waals surface area contributed by atoms with Crippen molar-refractivity contribution in [3.05, 3.63) is 76.3 Å². The second-order valence-electron chi connectivity index (χ2n) is 5.80. The summed E-state index contributed by atoms with van der Waals surface area (Å²) in [7, 11) is 0. The van der Waals surface area contributed by atoms with Crippen molar-refractivity contribution in [2.75, 3.05) is 0 Å². The molecule has 3 N–H and O–H groups in total. The zero-order chi connectivity index (χ0) is 18.8. The van der Waals surface area contributed by atoms with Crippen molar-refractivity contribution in [1.29, 1.82) is 0 Å². The van der Waals surface area contributed by atoms with E-state index in [0.717, 1.165) is 5.56 Å². The van der Waals surface area contributed by atoms with Gasteiger partial charge in [-0.3, -0.25) is 9.59 Å². The summed E-state index contributed by atoms with van der Waals surface area (Å²) in [5.41, 5.74) is 6.02. The maximum absolute atomic E-state index is 14.0. The van der Waals surface area contributed by atoms with Gasteiger partial charge in [0, 0.05) is 11.6 Å². The lowest BCUT2D eigenvalue weighted by atomic mass is 9.99. The molecule has 1 atom stereocenters. The van der Waals surface area contributed by atoms with Crippen molar-refractivity contribution in [3.8, 4) is 0 Å². The zero-order valence-corrected chi connectivity index (χ0v) is 14.5. The molecule has 0 radical (unpaired) electrons. The third-order valence-electron chi connectivity index (χ3n) is 4.06. The van der Waals surface area contributed by atoms with E-state index in [1.165, 1.54) is 18.3 Å². The van der Waals surface area contributed by atoms with Crippen LogP contribution in [0, 0.1) is 5.82 Å². The number of carbonyl (C=O) groups is 2. The highest BCUT2D eigenvalue weighted by Crippen LogP contribution is 2.27. The second kappa shape index (κ2) is 7.09. The van der Waals surface area contributed by atoms with Crippen LogP contribution in [0.4, 0.5) is 4.39 Å². The van der Waals surface area contributed by atoms with Crippen LogP contribution >= 0.6 is 11.6 Å². The third-order valence-corrected chi connectivity index (χ3v) is 4.35. The summed E-state index contributed by atoms with van der Waals surface area (Å²) >= 11 is 6.03. The first-order valence-electron chi connectivity index (χ1n) is 7.82. The highest BCUT2D eigenvalue weighted by Gasteiger charge is 2.19. The summed E-state index contributed by atoms with van der Waals surface area (Å²) in [5, 5.41) is 4.00. The van der Waals surface area contributed by atoms with E-state index >= 15 is 0 Å². The number of aromatic nitrogens is 1. The first kappa shape index (κ1) is 17.8. The normalized spacial score (nSPS) is 12.0. The van der Waals surface area contributed by atoms with E-state index in [0.29, 0.717) is 10.8 Å². The number of rotatable bonds is 4. The molecule has 0 saturated carbocycles. The molecule has 1 heterocycles. The maximum atomic E-state index is 14.0. The van der Waals surface area contributed by atoms with Gasteiger partial charge in [-0.1, -0.05) is 41.9 Å². The lowest BCUT2D eigenvalue weighted by Crippen LogP contribution is -2.28. The summed E-state index contributed by atoms with van der Waals surface area (Å²) < 4.78 is 14.0. The molecule has 5 nitrogen and oxygen atoms in total. The molecule has 0 aliphatic heterocycles. The molecule has 26 heavy (non-hydrogen) atoms. The maximum Gasteiger partial charge on any atom is 0.271 e. The fourth-order valence-electron chi connectivity index (χ4n) is 2.75. The van der Waals surface area contributed by atoms with Crippen LogP contribution in [0.5, 0.6) is 0 Å². The van der Waals surface area contributed by atoms with Crippen LogP contribution in [0.2, 0.25) is 5.02 Å². The quantitative estimate of drug-likeness (QED) is 0.734. The summed E-state index contributed by atoms with van der Waals surface area (Å²) in [6, 6.07) is 10.9. The van der Waals surface area contributed by atoms with Gasteiger partial charge < -0.3 is 11.1 Å². The molecule has 132 valence electrons. The zero-order valence-electron chi connectivity index (χ0n) is 13.8. The average molecular weight is 372 g/mol. The molecule has 1 unspecified atom stereocenters. The van der Waals surface area contributed by atoms with Gasteiger partial charge in [-0.05, 0) is 30.0 Å². The Morgan fingerprint density at radius 1 is 1.19 bits per heavy atom. The molecule has 3 rings (SSSR count). The number of hydrogen-bond donors (Lipinski definition) is 2. The molecule has 0 spiro atoms. The topological polar surface area (TPSA) is 85.1 Å². The standard InChI is InChI=1S/C19H15ClFN3O2/c1-10(12-6-7-16(21)14-5-3-2-4-13(12)14)24-19(26)17-15(20)8-11(9-23-17)18(22)25/h2-10H,1H3,(H2,22,25)(H,24,26). The van der Waals surface area contributed by atoms with Crippen LogP contribution in [0.3, 0.4) is 0 Å². The SMILES string of the molecule is CC(NC(=O)c1ncc(C(N)=O)cc1Cl)c1ccc(F)c2ccccc12. The van der Waals surface area contributed by atoms with Gasteiger partial charge >= 0.3 is 0 Å². The molecule has 0 aliphatic rings. The van der Waals surface area contributed by atoms with Gasteiger partial charge in [0.1, 0.15) is 11.5 Å². The van der Waals surface area contributed by atoms with E-state index in [1.807, 2.05) is 0 Å². The van der Waals surface area contributed by atoms with Crippen LogP contribution < -0.4 is 11.1 Å². The molecule has 1 aromatic heterocycles. The lowest BCUT2D eigenvalue weighted by Gasteiger charge is -2.17.